The fraction of sp³-hybridized carbons (Fsp3) is 0.480. The molecular weight excluding hydrogens is 468 g/mol. The molecule has 2 aliphatic rings. The summed E-state index contributed by atoms with van der Waals surface area (Å²) in [5.74, 6) is 1.55. The minimum absolute atomic E-state index is 0.106. The summed E-state index contributed by atoms with van der Waals surface area (Å²) in [6.45, 7) is 3.50. The summed E-state index contributed by atoms with van der Waals surface area (Å²) in [6.07, 6.45) is 7.41. The number of anilines is 1. The number of rotatable bonds is 7. The Hall–Kier alpha value is -2.88. The number of pyridine rings is 2. The molecule has 5 rings (SSSR count). The molecule has 0 atom stereocenters. The number of aromatic nitrogens is 3. The molecule has 3 aromatic heterocycles. The molecule has 0 unspecified atom stereocenters. The Kier molecular flexibility index (Phi) is 7.36. The van der Waals surface area contributed by atoms with Crippen LogP contribution in [0, 0.1) is 0 Å². The lowest BCUT2D eigenvalue weighted by Gasteiger charge is -2.31. The van der Waals surface area contributed by atoms with Gasteiger partial charge in [0.2, 0.25) is 5.91 Å². The van der Waals surface area contributed by atoms with Crippen LogP contribution in [0.3, 0.4) is 0 Å². The third-order valence-corrected chi connectivity index (χ3v) is 6.96. The quantitative estimate of drug-likeness (QED) is 0.428. The largest absolute Gasteiger partial charge is 0.495 e. The number of methoxy groups -OCH3 is 1. The maximum Gasteiger partial charge on any atom is 0.234 e. The Bertz CT molecular complexity index is 1170. The van der Waals surface area contributed by atoms with E-state index >= 15 is 0 Å². The van der Waals surface area contributed by atoms with E-state index in [-0.39, 0.29) is 18.0 Å². The molecule has 0 radical (unpaired) electrons. The van der Waals surface area contributed by atoms with Crippen molar-refractivity contribution < 1.29 is 14.3 Å². The summed E-state index contributed by atoms with van der Waals surface area (Å²) < 4.78 is 10.7. The van der Waals surface area contributed by atoms with Crippen molar-refractivity contribution >= 4 is 34.4 Å². The number of aromatic amines is 1. The zero-order chi connectivity index (χ0) is 24.2. The third kappa shape index (κ3) is 5.86. The monoisotopic (exact) mass is 498 g/mol. The second-order valence-corrected chi connectivity index (χ2v) is 9.57. The number of amides is 1. The highest BCUT2D eigenvalue weighted by Gasteiger charge is 2.24. The van der Waals surface area contributed by atoms with Crippen molar-refractivity contribution in [2.45, 2.75) is 37.8 Å². The van der Waals surface area contributed by atoms with Crippen LogP contribution >= 0.6 is 11.6 Å². The number of H-pyrrole nitrogens is 1. The van der Waals surface area contributed by atoms with Gasteiger partial charge in [0.05, 0.1) is 33.1 Å². The summed E-state index contributed by atoms with van der Waals surface area (Å²) in [5.41, 5.74) is 2.74. The first-order valence-corrected chi connectivity index (χ1v) is 12.5. The van der Waals surface area contributed by atoms with Crippen LogP contribution in [-0.4, -0.2) is 77.8 Å². The number of carbonyl (C=O) groups is 1. The predicted molar refractivity (Wildman–Crippen MR) is 136 cm³/mol. The lowest BCUT2D eigenvalue weighted by molar-refractivity contribution is -0.124. The molecule has 35 heavy (non-hydrogen) atoms. The van der Waals surface area contributed by atoms with Crippen molar-refractivity contribution in [3.63, 3.8) is 0 Å². The number of halogens is 1. The SMILES string of the molecule is COc1cnc2[nH]cc(-c3cc(Cl)nc(NC4CCC(NC(=O)CN5CCOCC5)CC4)c3)c2c1. The summed E-state index contributed by atoms with van der Waals surface area (Å²) in [5, 5.41) is 8.16. The van der Waals surface area contributed by atoms with E-state index in [4.69, 9.17) is 21.1 Å². The average Bonchev–Trinajstić information content (AvgIpc) is 3.29. The number of carbonyl (C=O) groups excluding carboxylic acids is 1. The van der Waals surface area contributed by atoms with E-state index in [1.54, 1.807) is 13.3 Å². The van der Waals surface area contributed by atoms with E-state index in [2.05, 4.69) is 30.5 Å². The second-order valence-electron chi connectivity index (χ2n) is 9.19. The molecule has 186 valence electrons. The molecule has 2 fully saturated rings. The molecule has 9 nitrogen and oxygen atoms in total. The molecule has 0 aromatic carbocycles. The molecule has 4 heterocycles. The summed E-state index contributed by atoms with van der Waals surface area (Å²) in [6, 6.07) is 6.34. The Balaban J connectivity index is 1.19. The Morgan fingerprint density at radius 3 is 2.74 bits per heavy atom. The van der Waals surface area contributed by atoms with E-state index in [0.717, 1.165) is 66.8 Å². The third-order valence-electron chi connectivity index (χ3n) is 6.76. The van der Waals surface area contributed by atoms with Crippen LogP contribution in [-0.2, 0) is 9.53 Å². The van der Waals surface area contributed by atoms with Crippen molar-refractivity contribution in [2.24, 2.45) is 0 Å². The molecule has 1 aliphatic heterocycles. The molecule has 1 aliphatic carbocycles. The number of fused-ring (bicyclic) bond motifs is 1. The first-order valence-electron chi connectivity index (χ1n) is 12.1. The highest BCUT2D eigenvalue weighted by atomic mass is 35.5. The zero-order valence-corrected chi connectivity index (χ0v) is 20.6. The van der Waals surface area contributed by atoms with Crippen LogP contribution in [0.25, 0.3) is 22.2 Å². The summed E-state index contributed by atoms with van der Waals surface area (Å²) >= 11 is 6.39. The topological polar surface area (TPSA) is 104 Å². The maximum absolute atomic E-state index is 12.4. The van der Waals surface area contributed by atoms with Gasteiger partial charge in [0, 0.05) is 42.3 Å². The Labute approximate surface area is 209 Å². The molecular formula is C25H31ClN6O3. The first-order chi connectivity index (χ1) is 17.1. The smallest absolute Gasteiger partial charge is 0.234 e. The van der Waals surface area contributed by atoms with Gasteiger partial charge in [-0.05, 0) is 49.4 Å². The Morgan fingerprint density at radius 1 is 1.20 bits per heavy atom. The number of nitrogens with one attached hydrogen (secondary N) is 3. The molecule has 0 spiro atoms. The molecule has 3 aromatic rings. The van der Waals surface area contributed by atoms with Gasteiger partial charge in [-0.15, -0.1) is 0 Å². The van der Waals surface area contributed by atoms with Gasteiger partial charge in [-0.3, -0.25) is 9.69 Å². The fourth-order valence-corrected chi connectivity index (χ4v) is 5.10. The van der Waals surface area contributed by atoms with E-state index in [1.165, 1.54) is 0 Å². The van der Waals surface area contributed by atoms with Gasteiger partial charge in [-0.1, -0.05) is 11.6 Å². The number of ether oxygens (including phenoxy) is 2. The van der Waals surface area contributed by atoms with Gasteiger partial charge < -0.3 is 25.1 Å². The number of nitrogens with zero attached hydrogens (tertiary/aromatic N) is 3. The first kappa shape index (κ1) is 23.8. The normalized spacial score (nSPS) is 21.1. The lowest BCUT2D eigenvalue weighted by atomic mass is 9.91. The van der Waals surface area contributed by atoms with Gasteiger partial charge in [0.1, 0.15) is 22.4 Å². The molecule has 10 heteroatoms. The highest BCUT2D eigenvalue weighted by molar-refractivity contribution is 6.29. The van der Waals surface area contributed by atoms with Crippen molar-refractivity contribution in [2.75, 3.05) is 45.3 Å². The van der Waals surface area contributed by atoms with E-state index in [1.807, 2.05) is 24.4 Å². The Morgan fingerprint density at radius 2 is 1.97 bits per heavy atom. The minimum atomic E-state index is 0.106. The second kappa shape index (κ2) is 10.8. The molecule has 1 saturated heterocycles. The van der Waals surface area contributed by atoms with Crippen molar-refractivity contribution in [1.82, 2.24) is 25.2 Å². The van der Waals surface area contributed by atoms with Crippen molar-refractivity contribution in [3.8, 4) is 16.9 Å². The molecule has 1 amide bonds. The van der Waals surface area contributed by atoms with Crippen LogP contribution in [0.15, 0.2) is 30.6 Å². The van der Waals surface area contributed by atoms with Crippen molar-refractivity contribution in [1.29, 1.82) is 0 Å². The summed E-state index contributed by atoms with van der Waals surface area (Å²) in [4.78, 5) is 26.7. The predicted octanol–water partition coefficient (Wildman–Crippen LogP) is 3.46. The van der Waals surface area contributed by atoms with E-state index < -0.39 is 0 Å². The summed E-state index contributed by atoms with van der Waals surface area (Å²) in [7, 11) is 1.63. The van der Waals surface area contributed by atoms with Gasteiger partial charge in [-0.2, -0.15) is 0 Å². The lowest BCUT2D eigenvalue weighted by Crippen LogP contribution is -2.47. The van der Waals surface area contributed by atoms with E-state index in [9.17, 15) is 4.79 Å². The van der Waals surface area contributed by atoms with Gasteiger partial charge >= 0.3 is 0 Å². The standard InChI is InChI=1S/C25H31ClN6O3/c1-34-19-12-20-21(14-28-25(20)27-13-19)16-10-22(26)31-23(11-16)29-17-2-4-18(5-3-17)30-24(33)15-32-6-8-35-9-7-32/h10-14,17-18H,2-9,15H2,1H3,(H,27,28)(H,29,31)(H,30,33). The molecule has 1 saturated carbocycles. The van der Waals surface area contributed by atoms with Gasteiger partial charge in [-0.25, -0.2) is 9.97 Å². The van der Waals surface area contributed by atoms with Gasteiger partial charge in [0.25, 0.3) is 0 Å². The van der Waals surface area contributed by atoms with Crippen LogP contribution in [0.2, 0.25) is 5.15 Å². The number of hydrogen-bond donors (Lipinski definition) is 3. The fourth-order valence-electron chi connectivity index (χ4n) is 4.89. The van der Waals surface area contributed by atoms with Crippen LogP contribution < -0.4 is 15.4 Å². The highest BCUT2D eigenvalue weighted by Crippen LogP contribution is 2.33. The maximum atomic E-state index is 12.4. The molecule has 3 N–H and O–H groups in total. The molecule has 0 bridgehead atoms. The van der Waals surface area contributed by atoms with Crippen LogP contribution in [0.4, 0.5) is 5.82 Å². The number of hydrogen-bond acceptors (Lipinski definition) is 7. The van der Waals surface area contributed by atoms with Gasteiger partial charge in [0.15, 0.2) is 0 Å². The van der Waals surface area contributed by atoms with Crippen LogP contribution in [0.5, 0.6) is 5.75 Å². The van der Waals surface area contributed by atoms with Crippen LogP contribution in [0.1, 0.15) is 25.7 Å². The number of morpholine rings is 1. The minimum Gasteiger partial charge on any atom is -0.495 e. The zero-order valence-electron chi connectivity index (χ0n) is 19.8. The van der Waals surface area contributed by atoms with Crippen molar-refractivity contribution in [3.05, 3.63) is 35.7 Å². The van der Waals surface area contributed by atoms with E-state index in [0.29, 0.717) is 30.7 Å². The average molecular weight is 499 g/mol.